The topological polar surface area (TPSA) is 34.1 Å². The van der Waals surface area contributed by atoms with E-state index in [9.17, 15) is 0 Å². The number of hydrogen-bond acceptors (Lipinski definition) is 3. The highest BCUT2D eigenvalue weighted by atomic mass is 16.5. The summed E-state index contributed by atoms with van der Waals surface area (Å²) in [6, 6.07) is 6.54. The number of ether oxygens (including phenoxy) is 1. The van der Waals surface area contributed by atoms with Crippen molar-refractivity contribution in [3.8, 4) is 0 Å². The molecule has 0 bridgehead atoms. The molecule has 0 radical (unpaired) electrons. The highest BCUT2D eigenvalue weighted by Crippen LogP contribution is 2.42. The van der Waals surface area contributed by atoms with Crippen LogP contribution in [0.1, 0.15) is 26.0 Å². The number of rotatable bonds is 4. The molecule has 0 spiro atoms. The molecule has 1 aliphatic carbocycles. The summed E-state index contributed by atoms with van der Waals surface area (Å²) in [5, 5.41) is 3.55. The molecule has 3 nitrogen and oxygen atoms in total. The fourth-order valence-electron chi connectivity index (χ4n) is 2.36. The molecule has 16 heavy (non-hydrogen) atoms. The van der Waals surface area contributed by atoms with E-state index < -0.39 is 0 Å². The van der Waals surface area contributed by atoms with Crippen LogP contribution < -0.4 is 5.32 Å². The lowest BCUT2D eigenvalue weighted by Gasteiger charge is -2.51. The van der Waals surface area contributed by atoms with Gasteiger partial charge in [-0.05, 0) is 18.6 Å². The van der Waals surface area contributed by atoms with E-state index >= 15 is 0 Å². The van der Waals surface area contributed by atoms with Crippen molar-refractivity contribution in [2.45, 2.75) is 39.0 Å². The Morgan fingerprint density at radius 2 is 2.31 bits per heavy atom. The monoisotopic (exact) mass is 220 g/mol. The van der Waals surface area contributed by atoms with E-state index in [-0.39, 0.29) is 5.41 Å². The Labute approximate surface area is 97.2 Å². The third-order valence-corrected chi connectivity index (χ3v) is 3.72. The smallest absolute Gasteiger partial charge is 0.0652 e. The summed E-state index contributed by atoms with van der Waals surface area (Å²) >= 11 is 0. The molecule has 1 saturated carbocycles. The zero-order chi connectivity index (χ0) is 11.6. The second-order valence-corrected chi connectivity index (χ2v) is 5.04. The van der Waals surface area contributed by atoms with E-state index in [2.05, 4.69) is 24.1 Å². The van der Waals surface area contributed by atoms with Crippen LogP contribution in [0.2, 0.25) is 0 Å². The highest BCUT2D eigenvalue weighted by molar-refractivity contribution is 5.06. The van der Waals surface area contributed by atoms with E-state index in [4.69, 9.17) is 4.74 Å². The molecule has 0 saturated heterocycles. The van der Waals surface area contributed by atoms with Crippen LogP contribution in [0.3, 0.4) is 0 Å². The van der Waals surface area contributed by atoms with E-state index in [1.807, 2.05) is 24.4 Å². The van der Waals surface area contributed by atoms with Gasteiger partial charge in [0.1, 0.15) is 0 Å². The van der Waals surface area contributed by atoms with Crippen molar-refractivity contribution in [1.29, 1.82) is 0 Å². The average Bonchev–Trinajstić information content (AvgIpc) is 2.29. The minimum Gasteiger partial charge on any atom is -0.381 e. The van der Waals surface area contributed by atoms with Gasteiger partial charge in [-0.3, -0.25) is 4.98 Å². The van der Waals surface area contributed by atoms with E-state index in [0.717, 1.165) is 18.7 Å². The molecule has 1 aromatic heterocycles. The van der Waals surface area contributed by atoms with Crippen molar-refractivity contribution < 1.29 is 4.74 Å². The molecule has 2 unspecified atom stereocenters. The minimum absolute atomic E-state index is 0.226. The summed E-state index contributed by atoms with van der Waals surface area (Å²) in [5.74, 6) is 0. The predicted molar refractivity (Wildman–Crippen MR) is 64.1 cm³/mol. The molecule has 88 valence electrons. The van der Waals surface area contributed by atoms with Crippen LogP contribution in [0, 0.1) is 5.41 Å². The maximum Gasteiger partial charge on any atom is 0.0652 e. The van der Waals surface area contributed by atoms with Gasteiger partial charge in [0, 0.05) is 31.3 Å². The Kier molecular flexibility index (Phi) is 3.26. The van der Waals surface area contributed by atoms with Crippen molar-refractivity contribution >= 4 is 0 Å². The summed E-state index contributed by atoms with van der Waals surface area (Å²) in [6.07, 6.45) is 3.31. The Bertz CT molecular complexity index is 337. The summed E-state index contributed by atoms with van der Waals surface area (Å²) in [7, 11) is 1.79. The minimum atomic E-state index is 0.226. The maximum atomic E-state index is 5.43. The molecule has 1 heterocycles. The van der Waals surface area contributed by atoms with Gasteiger partial charge in [-0.1, -0.05) is 19.9 Å². The molecular weight excluding hydrogens is 200 g/mol. The first-order chi connectivity index (χ1) is 7.64. The van der Waals surface area contributed by atoms with Crippen molar-refractivity contribution in [3.05, 3.63) is 30.1 Å². The number of methoxy groups -OCH3 is 1. The van der Waals surface area contributed by atoms with Gasteiger partial charge >= 0.3 is 0 Å². The first kappa shape index (κ1) is 11.6. The Balaban J connectivity index is 1.85. The fourth-order valence-corrected chi connectivity index (χ4v) is 2.36. The summed E-state index contributed by atoms with van der Waals surface area (Å²) < 4.78 is 5.43. The van der Waals surface area contributed by atoms with Crippen molar-refractivity contribution in [2.24, 2.45) is 5.41 Å². The van der Waals surface area contributed by atoms with Gasteiger partial charge in [-0.15, -0.1) is 0 Å². The number of aromatic nitrogens is 1. The van der Waals surface area contributed by atoms with Crippen molar-refractivity contribution in [3.63, 3.8) is 0 Å². The lowest BCUT2D eigenvalue weighted by molar-refractivity contribution is -0.0979. The average molecular weight is 220 g/mol. The van der Waals surface area contributed by atoms with Crippen molar-refractivity contribution in [1.82, 2.24) is 10.3 Å². The van der Waals surface area contributed by atoms with E-state index in [0.29, 0.717) is 12.1 Å². The maximum absolute atomic E-state index is 5.43. The van der Waals surface area contributed by atoms with Crippen LogP contribution in [0.15, 0.2) is 24.4 Å². The van der Waals surface area contributed by atoms with Gasteiger partial charge in [-0.2, -0.15) is 0 Å². The molecule has 0 amide bonds. The van der Waals surface area contributed by atoms with Crippen LogP contribution in [-0.4, -0.2) is 24.2 Å². The Morgan fingerprint density at radius 1 is 1.50 bits per heavy atom. The summed E-state index contributed by atoms with van der Waals surface area (Å²) in [4.78, 5) is 4.30. The lowest BCUT2D eigenvalue weighted by atomic mass is 9.64. The number of nitrogens with zero attached hydrogens (tertiary/aromatic N) is 1. The molecule has 2 rings (SSSR count). The number of pyridine rings is 1. The van der Waals surface area contributed by atoms with Gasteiger partial charge in [-0.25, -0.2) is 0 Å². The van der Waals surface area contributed by atoms with Gasteiger partial charge < -0.3 is 10.1 Å². The molecule has 2 atom stereocenters. The molecule has 1 N–H and O–H groups in total. The molecule has 1 aromatic rings. The third-order valence-electron chi connectivity index (χ3n) is 3.72. The zero-order valence-electron chi connectivity index (χ0n) is 10.2. The van der Waals surface area contributed by atoms with E-state index in [1.54, 1.807) is 7.11 Å². The first-order valence-electron chi connectivity index (χ1n) is 5.80. The van der Waals surface area contributed by atoms with Crippen LogP contribution in [0.4, 0.5) is 0 Å². The fraction of sp³-hybridized carbons (Fsp3) is 0.615. The van der Waals surface area contributed by atoms with Gasteiger partial charge in [0.25, 0.3) is 0 Å². The summed E-state index contributed by atoms with van der Waals surface area (Å²) in [6.45, 7) is 5.34. The zero-order valence-corrected chi connectivity index (χ0v) is 10.2. The number of nitrogens with one attached hydrogen (secondary N) is 1. The van der Waals surface area contributed by atoms with Crippen LogP contribution >= 0.6 is 0 Å². The normalized spacial score (nSPS) is 27.4. The summed E-state index contributed by atoms with van der Waals surface area (Å²) in [5.41, 5.74) is 1.32. The number of hydrogen-bond donors (Lipinski definition) is 1. The highest BCUT2D eigenvalue weighted by Gasteiger charge is 2.48. The molecule has 1 aliphatic rings. The van der Waals surface area contributed by atoms with Gasteiger partial charge in [0.05, 0.1) is 11.8 Å². The SMILES string of the molecule is COC1CC(NCc2ccccn2)C1(C)C. The third kappa shape index (κ3) is 2.11. The van der Waals surface area contributed by atoms with Crippen LogP contribution in [-0.2, 0) is 11.3 Å². The lowest BCUT2D eigenvalue weighted by Crippen LogP contribution is -2.60. The van der Waals surface area contributed by atoms with Crippen molar-refractivity contribution in [2.75, 3.05) is 7.11 Å². The predicted octanol–water partition coefficient (Wildman–Crippen LogP) is 1.98. The Morgan fingerprint density at radius 3 is 2.88 bits per heavy atom. The molecular formula is C13H20N2O. The van der Waals surface area contributed by atoms with Crippen LogP contribution in [0.5, 0.6) is 0 Å². The van der Waals surface area contributed by atoms with Gasteiger partial charge in [0.2, 0.25) is 0 Å². The second kappa shape index (κ2) is 4.52. The second-order valence-electron chi connectivity index (χ2n) is 5.04. The molecule has 0 aromatic carbocycles. The largest absolute Gasteiger partial charge is 0.381 e. The quantitative estimate of drug-likeness (QED) is 0.842. The Hall–Kier alpha value is -0.930. The van der Waals surface area contributed by atoms with Gasteiger partial charge in [0.15, 0.2) is 0 Å². The van der Waals surface area contributed by atoms with E-state index in [1.165, 1.54) is 0 Å². The molecule has 3 heteroatoms. The first-order valence-corrected chi connectivity index (χ1v) is 5.80. The standard InChI is InChI=1S/C13H20N2O/c1-13(2)11(8-12(13)16-3)15-9-10-6-4-5-7-14-10/h4-7,11-12,15H,8-9H2,1-3H3. The molecule has 1 fully saturated rings. The molecule has 0 aliphatic heterocycles. The van der Waals surface area contributed by atoms with Crippen LogP contribution in [0.25, 0.3) is 0 Å².